The zero-order valence-corrected chi connectivity index (χ0v) is 11.5. The van der Waals surface area contributed by atoms with E-state index < -0.39 is 0 Å². The molecule has 1 aromatic rings. The number of nitro groups is 1. The molecule has 1 atom stereocenters. The van der Waals surface area contributed by atoms with Crippen LogP contribution in [0.15, 0.2) is 24.3 Å². The molecule has 1 fully saturated rings. The molecule has 0 saturated carbocycles. The number of hydrogen-bond donors (Lipinski definition) is 1. The lowest BCUT2D eigenvalue weighted by molar-refractivity contribution is -0.384. The fourth-order valence-electron chi connectivity index (χ4n) is 2.54. The van der Waals surface area contributed by atoms with Gasteiger partial charge < -0.3 is 10.2 Å². The van der Waals surface area contributed by atoms with Crippen LogP contribution in [0.25, 0.3) is 0 Å². The highest BCUT2D eigenvalue weighted by Gasteiger charge is 2.20. The van der Waals surface area contributed by atoms with Crippen molar-refractivity contribution in [3.8, 4) is 0 Å². The fraction of sp³-hybridized carbons (Fsp3) is 0.500. The standard InChI is InChI=1S/C14H19N3O3/c1-11(18)15-9-12-3-2-8-16(10-12)13-4-6-14(7-5-13)17(19)20/h4-7,12H,2-3,8-10H2,1H3,(H,15,18). The number of benzene rings is 1. The summed E-state index contributed by atoms with van der Waals surface area (Å²) in [5, 5.41) is 13.5. The van der Waals surface area contributed by atoms with E-state index in [0.717, 1.165) is 31.6 Å². The van der Waals surface area contributed by atoms with E-state index in [1.165, 1.54) is 19.1 Å². The number of nitro benzene ring substituents is 1. The molecule has 1 aliphatic heterocycles. The van der Waals surface area contributed by atoms with Crippen molar-refractivity contribution in [2.75, 3.05) is 24.5 Å². The average molecular weight is 277 g/mol. The van der Waals surface area contributed by atoms with Crippen molar-refractivity contribution in [1.82, 2.24) is 5.32 Å². The van der Waals surface area contributed by atoms with E-state index >= 15 is 0 Å². The van der Waals surface area contributed by atoms with Gasteiger partial charge in [0.2, 0.25) is 5.91 Å². The van der Waals surface area contributed by atoms with E-state index in [0.29, 0.717) is 12.5 Å². The molecule has 0 aliphatic carbocycles. The smallest absolute Gasteiger partial charge is 0.269 e. The Morgan fingerprint density at radius 1 is 1.45 bits per heavy atom. The van der Waals surface area contributed by atoms with Gasteiger partial charge in [-0.05, 0) is 30.9 Å². The number of amides is 1. The van der Waals surface area contributed by atoms with Crippen molar-refractivity contribution in [1.29, 1.82) is 0 Å². The normalized spacial score (nSPS) is 18.6. The Morgan fingerprint density at radius 3 is 2.75 bits per heavy atom. The van der Waals surface area contributed by atoms with Crippen molar-refractivity contribution in [2.45, 2.75) is 19.8 Å². The van der Waals surface area contributed by atoms with Gasteiger partial charge in [-0.25, -0.2) is 0 Å². The van der Waals surface area contributed by atoms with Gasteiger partial charge in [0.1, 0.15) is 0 Å². The highest BCUT2D eigenvalue weighted by atomic mass is 16.6. The average Bonchev–Trinajstić information content (AvgIpc) is 2.45. The highest BCUT2D eigenvalue weighted by molar-refractivity contribution is 5.72. The van der Waals surface area contributed by atoms with E-state index in [2.05, 4.69) is 10.2 Å². The van der Waals surface area contributed by atoms with Gasteiger partial charge in [-0.2, -0.15) is 0 Å². The van der Waals surface area contributed by atoms with Crippen LogP contribution in [0.3, 0.4) is 0 Å². The maximum absolute atomic E-state index is 11.0. The number of hydrogen-bond acceptors (Lipinski definition) is 4. The van der Waals surface area contributed by atoms with Crippen molar-refractivity contribution in [3.05, 3.63) is 34.4 Å². The van der Waals surface area contributed by atoms with Crippen LogP contribution in [0.5, 0.6) is 0 Å². The number of carbonyl (C=O) groups excluding carboxylic acids is 1. The third-order valence-corrected chi connectivity index (χ3v) is 3.58. The van der Waals surface area contributed by atoms with Crippen molar-refractivity contribution >= 4 is 17.3 Å². The van der Waals surface area contributed by atoms with Crippen molar-refractivity contribution < 1.29 is 9.72 Å². The molecule has 1 amide bonds. The Labute approximate surface area is 117 Å². The summed E-state index contributed by atoms with van der Waals surface area (Å²) in [4.78, 5) is 23.4. The van der Waals surface area contributed by atoms with Gasteiger partial charge in [0.05, 0.1) is 4.92 Å². The van der Waals surface area contributed by atoms with E-state index in [-0.39, 0.29) is 16.5 Å². The van der Waals surface area contributed by atoms with Crippen LogP contribution < -0.4 is 10.2 Å². The molecule has 1 unspecified atom stereocenters. The second kappa shape index (κ2) is 6.36. The predicted octanol–water partition coefficient (Wildman–Crippen LogP) is 1.95. The first-order valence-electron chi connectivity index (χ1n) is 6.80. The Bertz CT molecular complexity index is 487. The first-order chi connectivity index (χ1) is 9.56. The lowest BCUT2D eigenvalue weighted by atomic mass is 9.97. The van der Waals surface area contributed by atoms with Crippen LogP contribution >= 0.6 is 0 Å². The van der Waals surface area contributed by atoms with Crippen LogP contribution in [0.4, 0.5) is 11.4 Å². The monoisotopic (exact) mass is 277 g/mol. The number of nitrogens with one attached hydrogen (secondary N) is 1. The molecule has 20 heavy (non-hydrogen) atoms. The number of anilines is 1. The van der Waals surface area contributed by atoms with Crippen molar-refractivity contribution in [3.63, 3.8) is 0 Å². The van der Waals surface area contributed by atoms with Gasteiger partial charge in [-0.3, -0.25) is 14.9 Å². The number of rotatable bonds is 4. The Morgan fingerprint density at radius 2 is 2.15 bits per heavy atom. The van der Waals surface area contributed by atoms with E-state index in [4.69, 9.17) is 0 Å². The lowest BCUT2D eigenvalue weighted by Crippen LogP contribution is -2.40. The number of carbonyl (C=O) groups is 1. The molecular formula is C14H19N3O3. The van der Waals surface area contributed by atoms with Gasteiger partial charge in [0.15, 0.2) is 0 Å². The lowest BCUT2D eigenvalue weighted by Gasteiger charge is -2.34. The van der Waals surface area contributed by atoms with E-state index in [9.17, 15) is 14.9 Å². The Balaban J connectivity index is 1.97. The topological polar surface area (TPSA) is 75.5 Å². The molecule has 0 spiro atoms. The summed E-state index contributed by atoms with van der Waals surface area (Å²) >= 11 is 0. The summed E-state index contributed by atoms with van der Waals surface area (Å²) in [5.74, 6) is 0.431. The molecule has 0 aromatic heterocycles. The molecular weight excluding hydrogens is 258 g/mol. The quantitative estimate of drug-likeness (QED) is 0.674. The summed E-state index contributed by atoms with van der Waals surface area (Å²) < 4.78 is 0. The number of non-ortho nitro benzene ring substituents is 1. The molecule has 108 valence electrons. The summed E-state index contributed by atoms with van der Waals surface area (Å²) in [6, 6.07) is 6.65. The molecule has 0 bridgehead atoms. The summed E-state index contributed by atoms with van der Waals surface area (Å²) in [6.45, 7) is 4.04. The molecule has 1 N–H and O–H groups in total. The molecule has 2 rings (SSSR count). The summed E-state index contributed by atoms with van der Waals surface area (Å²) in [7, 11) is 0. The van der Waals surface area contributed by atoms with Gasteiger partial charge in [-0.15, -0.1) is 0 Å². The van der Waals surface area contributed by atoms with Gasteiger partial charge in [-0.1, -0.05) is 0 Å². The maximum atomic E-state index is 11.0. The minimum absolute atomic E-state index is 0.00235. The number of piperidine rings is 1. The minimum Gasteiger partial charge on any atom is -0.371 e. The summed E-state index contributed by atoms with van der Waals surface area (Å²) in [5.41, 5.74) is 1.11. The third kappa shape index (κ3) is 3.69. The van der Waals surface area contributed by atoms with E-state index in [1.54, 1.807) is 12.1 Å². The first kappa shape index (κ1) is 14.3. The zero-order chi connectivity index (χ0) is 14.5. The number of nitrogens with zero attached hydrogens (tertiary/aromatic N) is 2. The molecule has 0 radical (unpaired) electrons. The van der Waals surface area contributed by atoms with Crippen LogP contribution in [0.2, 0.25) is 0 Å². The second-order valence-electron chi connectivity index (χ2n) is 5.16. The molecule has 6 heteroatoms. The zero-order valence-electron chi connectivity index (χ0n) is 11.5. The predicted molar refractivity (Wildman–Crippen MR) is 76.7 cm³/mol. The minimum atomic E-state index is -0.389. The highest BCUT2D eigenvalue weighted by Crippen LogP contribution is 2.24. The van der Waals surface area contributed by atoms with Crippen LogP contribution in [0, 0.1) is 16.0 Å². The Hall–Kier alpha value is -2.11. The van der Waals surface area contributed by atoms with Gasteiger partial charge in [0, 0.05) is 44.4 Å². The largest absolute Gasteiger partial charge is 0.371 e. The SMILES string of the molecule is CC(=O)NCC1CCCN(c2ccc([N+](=O)[O-])cc2)C1. The second-order valence-corrected chi connectivity index (χ2v) is 5.16. The molecule has 6 nitrogen and oxygen atoms in total. The van der Waals surface area contributed by atoms with Crippen LogP contribution in [-0.2, 0) is 4.79 Å². The van der Waals surface area contributed by atoms with Crippen LogP contribution in [-0.4, -0.2) is 30.5 Å². The maximum Gasteiger partial charge on any atom is 0.269 e. The molecule has 1 saturated heterocycles. The molecule has 1 heterocycles. The fourth-order valence-corrected chi connectivity index (χ4v) is 2.54. The Kier molecular flexibility index (Phi) is 4.55. The van der Waals surface area contributed by atoms with Gasteiger partial charge in [0.25, 0.3) is 5.69 Å². The molecule has 1 aliphatic rings. The molecule has 1 aromatic carbocycles. The van der Waals surface area contributed by atoms with Gasteiger partial charge >= 0.3 is 0 Å². The van der Waals surface area contributed by atoms with Crippen molar-refractivity contribution in [2.24, 2.45) is 5.92 Å². The first-order valence-corrected chi connectivity index (χ1v) is 6.80. The third-order valence-electron chi connectivity index (χ3n) is 3.58. The van der Waals surface area contributed by atoms with E-state index in [1.807, 2.05) is 0 Å². The van der Waals surface area contributed by atoms with Crippen LogP contribution in [0.1, 0.15) is 19.8 Å². The summed E-state index contributed by atoms with van der Waals surface area (Å²) in [6.07, 6.45) is 2.17.